The van der Waals surface area contributed by atoms with Gasteiger partial charge in [0.15, 0.2) is 0 Å². The third kappa shape index (κ3) is 3.10. The fourth-order valence-electron chi connectivity index (χ4n) is 2.34. The van der Waals surface area contributed by atoms with Gasteiger partial charge in [0.1, 0.15) is 11.2 Å². The number of hydrogen-bond donors (Lipinski definition) is 1. The van der Waals surface area contributed by atoms with Gasteiger partial charge in [-0.2, -0.15) is 0 Å². The number of carbonyl (C=O) groups excluding carboxylic acids is 1. The number of amides is 1. The number of fused-ring (bicyclic) bond motifs is 1. The third-order valence-electron chi connectivity index (χ3n) is 3.58. The summed E-state index contributed by atoms with van der Waals surface area (Å²) in [4.78, 5) is 28.8. The predicted octanol–water partition coefficient (Wildman–Crippen LogP) is 2.52. The van der Waals surface area contributed by atoms with E-state index in [2.05, 4.69) is 10.3 Å². The van der Waals surface area contributed by atoms with Crippen LogP contribution in [0.4, 0.5) is 0 Å². The first-order valence-corrected chi connectivity index (χ1v) is 7.41. The maximum absolute atomic E-state index is 12.3. The summed E-state index contributed by atoms with van der Waals surface area (Å²) in [6, 6.07) is 12.3. The molecule has 5 nitrogen and oxygen atoms in total. The van der Waals surface area contributed by atoms with Crippen LogP contribution in [-0.4, -0.2) is 15.5 Å². The molecule has 3 rings (SSSR count). The zero-order valence-corrected chi connectivity index (χ0v) is 13.2. The summed E-state index contributed by atoms with van der Waals surface area (Å²) in [5, 5.41) is 4.13. The monoisotopic (exact) mass is 327 g/mol. The number of rotatable bonds is 3. The van der Waals surface area contributed by atoms with Crippen molar-refractivity contribution < 1.29 is 4.79 Å². The van der Waals surface area contributed by atoms with E-state index in [1.807, 2.05) is 18.2 Å². The fraction of sp³-hybridized carbons (Fsp3) is 0.118. The highest BCUT2D eigenvalue weighted by atomic mass is 35.5. The number of benzene rings is 1. The fourth-order valence-corrected chi connectivity index (χ4v) is 2.46. The average Bonchev–Trinajstić information content (AvgIpc) is 2.57. The summed E-state index contributed by atoms with van der Waals surface area (Å²) >= 11 is 5.83. The van der Waals surface area contributed by atoms with Crippen LogP contribution in [0, 0.1) is 0 Å². The lowest BCUT2D eigenvalue weighted by Gasteiger charge is -2.09. The maximum Gasteiger partial charge on any atom is 0.264 e. The number of halogens is 1. The standard InChI is InChI=1S/C17H14ClN3O2/c1-21-15-12(3-2-8-19-15)9-14(17(21)23)16(22)20-10-11-4-6-13(18)7-5-11/h2-9H,10H2,1H3,(H,20,22). The van der Waals surface area contributed by atoms with Crippen LogP contribution in [0.1, 0.15) is 15.9 Å². The SMILES string of the molecule is Cn1c(=O)c(C(=O)NCc2ccc(Cl)cc2)cc2cccnc21. The van der Waals surface area contributed by atoms with E-state index in [-0.39, 0.29) is 11.1 Å². The highest BCUT2D eigenvalue weighted by Crippen LogP contribution is 2.11. The minimum atomic E-state index is -0.411. The van der Waals surface area contributed by atoms with Crippen molar-refractivity contribution in [3.63, 3.8) is 0 Å². The molecule has 2 aromatic heterocycles. The highest BCUT2D eigenvalue weighted by Gasteiger charge is 2.14. The molecule has 0 aliphatic heterocycles. The van der Waals surface area contributed by atoms with Gasteiger partial charge in [0.05, 0.1) is 0 Å². The Hall–Kier alpha value is -2.66. The summed E-state index contributed by atoms with van der Waals surface area (Å²) in [6.45, 7) is 0.324. The van der Waals surface area contributed by atoms with E-state index >= 15 is 0 Å². The van der Waals surface area contributed by atoms with Crippen molar-refractivity contribution in [2.24, 2.45) is 7.05 Å². The van der Waals surface area contributed by atoms with Crippen LogP contribution < -0.4 is 10.9 Å². The second kappa shape index (κ2) is 6.22. The van der Waals surface area contributed by atoms with Crippen LogP contribution in [0.3, 0.4) is 0 Å². The molecule has 2 heterocycles. The second-order valence-electron chi connectivity index (χ2n) is 5.15. The van der Waals surface area contributed by atoms with E-state index in [0.29, 0.717) is 17.2 Å². The summed E-state index contributed by atoms with van der Waals surface area (Å²) in [6.07, 6.45) is 1.61. The van der Waals surface area contributed by atoms with Gasteiger partial charge in [-0.1, -0.05) is 23.7 Å². The van der Waals surface area contributed by atoms with Gasteiger partial charge in [-0.15, -0.1) is 0 Å². The van der Waals surface area contributed by atoms with Crippen LogP contribution in [0.25, 0.3) is 11.0 Å². The van der Waals surface area contributed by atoms with Gasteiger partial charge >= 0.3 is 0 Å². The first-order valence-electron chi connectivity index (χ1n) is 7.03. The van der Waals surface area contributed by atoms with Crippen molar-refractivity contribution in [1.29, 1.82) is 0 Å². The van der Waals surface area contributed by atoms with Gasteiger partial charge in [0.25, 0.3) is 11.5 Å². The molecule has 0 fully saturated rings. The maximum atomic E-state index is 12.3. The summed E-state index contributed by atoms with van der Waals surface area (Å²) in [5.74, 6) is -0.411. The molecule has 0 radical (unpaired) electrons. The normalized spacial score (nSPS) is 10.7. The number of aryl methyl sites for hydroxylation is 1. The van der Waals surface area contributed by atoms with Gasteiger partial charge < -0.3 is 5.32 Å². The molecule has 0 unspecified atom stereocenters. The Morgan fingerprint density at radius 2 is 2.00 bits per heavy atom. The van der Waals surface area contributed by atoms with Crippen LogP contribution in [0.5, 0.6) is 0 Å². The lowest BCUT2D eigenvalue weighted by Crippen LogP contribution is -2.32. The van der Waals surface area contributed by atoms with Crippen molar-refractivity contribution in [3.05, 3.63) is 75.2 Å². The van der Waals surface area contributed by atoms with E-state index < -0.39 is 5.91 Å². The molecule has 0 atom stereocenters. The first kappa shape index (κ1) is 15.2. The molecule has 1 aromatic carbocycles. The molecule has 0 saturated heterocycles. The van der Waals surface area contributed by atoms with Crippen molar-refractivity contribution in [3.8, 4) is 0 Å². The smallest absolute Gasteiger partial charge is 0.264 e. The number of hydrogen-bond acceptors (Lipinski definition) is 3. The van der Waals surface area contributed by atoms with E-state index in [1.165, 1.54) is 4.57 Å². The molecule has 0 bridgehead atoms. The molecular formula is C17H14ClN3O2. The zero-order valence-electron chi connectivity index (χ0n) is 12.4. The lowest BCUT2D eigenvalue weighted by atomic mass is 10.2. The van der Waals surface area contributed by atoms with E-state index in [9.17, 15) is 9.59 Å². The lowest BCUT2D eigenvalue weighted by molar-refractivity contribution is 0.0949. The minimum absolute atomic E-state index is 0.0990. The Bertz CT molecular complexity index is 933. The van der Waals surface area contributed by atoms with Crippen LogP contribution in [0.15, 0.2) is 53.5 Å². The number of nitrogens with one attached hydrogen (secondary N) is 1. The summed E-state index contributed by atoms with van der Waals surface area (Å²) < 4.78 is 1.38. The third-order valence-corrected chi connectivity index (χ3v) is 3.83. The van der Waals surface area contributed by atoms with Crippen LogP contribution in [-0.2, 0) is 13.6 Å². The zero-order chi connectivity index (χ0) is 16.4. The molecule has 1 N–H and O–H groups in total. The van der Waals surface area contributed by atoms with E-state index in [0.717, 1.165) is 10.9 Å². The second-order valence-corrected chi connectivity index (χ2v) is 5.58. The molecule has 0 aliphatic carbocycles. The molecule has 116 valence electrons. The Morgan fingerprint density at radius 3 is 2.74 bits per heavy atom. The van der Waals surface area contributed by atoms with E-state index in [4.69, 9.17) is 11.6 Å². The molecule has 3 aromatic rings. The number of nitrogens with zero attached hydrogens (tertiary/aromatic N) is 2. The average molecular weight is 328 g/mol. The van der Waals surface area contributed by atoms with Gasteiger partial charge in [0.2, 0.25) is 0 Å². The van der Waals surface area contributed by atoms with Gasteiger partial charge in [0, 0.05) is 30.2 Å². The topological polar surface area (TPSA) is 64.0 Å². The predicted molar refractivity (Wildman–Crippen MR) is 89.6 cm³/mol. The van der Waals surface area contributed by atoms with Gasteiger partial charge in [-0.25, -0.2) is 4.98 Å². The Morgan fingerprint density at radius 1 is 1.26 bits per heavy atom. The molecule has 0 spiro atoms. The van der Waals surface area contributed by atoms with Crippen LogP contribution in [0.2, 0.25) is 5.02 Å². The van der Waals surface area contributed by atoms with E-state index in [1.54, 1.807) is 37.5 Å². The summed E-state index contributed by atoms with van der Waals surface area (Å²) in [5.41, 5.74) is 1.18. The van der Waals surface area contributed by atoms with Crippen molar-refractivity contribution in [1.82, 2.24) is 14.9 Å². The largest absolute Gasteiger partial charge is 0.348 e. The molecule has 0 aliphatic rings. The van der Waals surface area contributed by atoms with Crippen molar-refractivity contribution >= 4 is 28.5 Å². The molecule has 1 amide bonds. The first-order chi connectivity index (χ1) is 11.1. The number of aromatic nitrogens is 2. The highest BCUT2D eigenvalue weighted by molar-refractivity contribution is 6.30. The Labute approximate surface area is 137 Å². The molecule has 6 heteroatoms. The van der Waals surface area contributed by atoms with Crippen molar-refractivity contribution in [2.45, 2.75) is 6.54 Å². The van der Waals surface area contributed by atoms with Gasteiger partial charge in [-0.3, -0.25) is 14.2 Å². The molecule has 0 saturated carbocycles. The quantitative estimate of drug-likeness (QED) is 0.804. The Kier molecular flexibility index (Phi) is 4.12. The summed E-state index contributed by atoms with van der Waals surface area (Å²) in [7, 11) is 1.60. The molecule has 23 heavy (non-hydrogen) atoms. The minimum Gasteiger partial charge on any atom is -0.348 e. The molecular weight excluding hydrogens is 314 g/mol. The van der Waals surface area contributed by atoms with Crippen molar-refractivity contribution in [2.75, 3.05) is 0 Å². The van der Waals surface area contributed by atoms with Gasteiger partial charge in [-0.05, 0) is 35.9 Å². The number of carbonyl (C=O) groups is 1. The Balaban J connectivity index is 1.87. The van der Waals surface area contributed by atoms with Crippen LogP contribution >= 0.6 is 11.6 Å². The number of pyridine rings is 2.